The van der Waals surface area contributed by atoms with Crippen LogP contribution in [0.4, 0.5) is 0 Å². The summed E-state index contributed by atoms with van der Waals surface area (Å²) < 4.78 is 6.85. The molecule has 0 radical (unpaired) electrons. The van der Waals surface area contributed by atoms with Gasteiger partial charge in [0.15, 0.2) is 0 Å². The molecule has 3 heteroatoms. The molecule has 1 aromatic carbocycles. The van der Waals surface area contributed by atoms with Gasteiger partial charge in [0, 0.05) is 17.8 Å². The number of nitrogens with one attached hydrogen (secondary N) is 1. The Balaban J connectivity index is 1.83. The van der Waals surface area contributed by atoms with E-state index in [4.69, 9.17) is 4.74 Å². The van der Waals surface area contributed by atoms with Crippen LogP contribution in [0, 0.1) is 0 Å². The molecule has 92 valence electrons. The van der Waals surface area contributed by atoms with Crippen LogP contribution in [-0.2, 0) is 11.3 Å². The van der Waals surface area contributed by atoms with Crippen molar-refractivity contribution in [2.75, 3.05) is 13.2 Å². The summed E-state index contributed by atoms with van der Waals surface area (Å²) in [4.78, 5) is 0. The highest BCUT2D eigenvalue weighted by Crippen LogP contribution is 2.25. The lowest BCUT2D eigenvalue weighted by Gasteiger charge is -2.08. The SMILES string of the molecule is CC(C)OCCNCc1csc2ccccc12. The van der Waals surface area contributed by atoms with Crippen molar-refractivity contribution in [2.24, 2.45) is 0 Å². The molecule has 0 aliphatic rings. The molecule has 1 aromatic heterocycles. The zero-order valence-corrected chi connectivity index (χ0v) is 11.2. The van der Waals surface area contributed by atoms with Gasteiger partial charge >= 0.3 is 0 Å². The molecule has 0 unspecified atom stereocenters. The van der Waals surface area contributed by atoms with E-state index in [0.717, 1.165) is 19.7 Å². The average Bonchev–Trinajstić information content (AvgIpc) is 2.72. The van der Waals surface area contributed by atoms with E-state index in [2.05, 4.69) is 48.8 Å². The molecule has 0 bridgehead atoms. The van der Waals surface area contributed by atoms with Crippen molar-refractivity contribution in [3.05, 3.63) is 35.2 Å². The highest BCUT2D eigenvalue weighted by Gasteiger charge is 2.02. The summed E-state index contributed by atoms with van der Waals surface area (Å²) in [6.45, 7) is 6.73. The molecule has 2 rings (SSSR count). The lowest BCUT2D eigenvalue weighted by molar-refractivity contribution is 0.0807. The molecule has 0 amide bonds. The van der Waals surface area contributed by atoms with E-state index in [0.29, 0.717) is 6.10 Å². The summed E-state index contributed by atoms with van der Waals surface area (Å²) in [5.41, 5.74) is 1.38. The molecule has 0 aliphatic heterocycles. The van der Waals surface area contributed by atoms with Crippen LogP contribution in [0.1, 0.15) is 19.4 Å². The van der Waals surface area contributed by atoms with Gasteiger partial charge in [-0.2, -0.15) is 0 Å². The topological polar surface area (TPSA) is 21.3 Å². The van der Waals surface area contributed by atoms with Gasteiger partial charge < -0.3 is 10.1 Å². The molecular weight excluding hydrogens is 230 g/mol. The Morgan fingerprint density at radius 3 is 2.94 bits per heavy atom. The fraction of sp³-hybridized carbons (Fsp3) is 0.429. The van der Waals surface area contributed by atoms with Gasteiger partial charge in [0.2, 0.25) is 0 Å². The number of fused-ring (bicyclic) bond motifs is 1. The molecule has 1 N–H and O–H groups in total. The maximum Gasteiger partial charge on any atom is 0.0594 e. The molecule has 0 spiro atoms. The second-order valence-electron chi connectivity index (χ2n) is 4.35. The van der Waals surface area contributed by atoms with Gasteiger partial charge in [-0.25, -0.2) is 0 Å². The van der Waals surface area contributed by atoms with Gasteiger partial charge in [0.05, 0.1) is 12.7 Å². The Bertz CT molecular complexity index is 464. The minimum atomic E-state index is 0.318. The van der Waals surface area contributed by atoms with E-state index in [1.54, 1.807) is 0 Å². The quantitative estimate of drug-likeness (QED) is 0.792. The molecule has 0 saturated heterocycles. The molecule has 1 heterocycles. The number of benzene rings is 1. The number of hydrogen-bond donors (Lipinski definition) is 1. The third kappa shape index (κ3) is 3.53. The first-order valence-corrected chi connectivity index (χ1v) is 6.93. The second kappa shape index (κ2) is 6.15. The van der Waals surface area contributed by atoms with Crippen molar-refractivity contribution < 1.29 is 4.74 Å². The van der Waals surface area contributed by atoms with E-state index in [9.17, 15) is 0 Å². The van der Waals surface area contributed by atoms with Crippen LogP contribution in [0.25, 0.3) is 10.1 Å². The molecule has 2 aromatic rings. The van der Waals surface area contributed by atoms with Crippen LogP contribution in [0.15, 0.2) is 29.6 Å². The maximum atomic E-state index is 5.49. The summed E-state index contributed by atoms with van der Waals surface area (Å²) >= 11 is 1.81. The molecular formula is C14H19NOS. The molecule has 17 heavy (non-hydrogen) atoms. The smallest absolute Gasteiger partial charge is 0.0594 e. The van der Waals surface area contributed by atoms with Gasteiger partial charge in [-0.05, 0) is 36.2 Å². The highest BCUT2D eigenvalue weighted by atomic mass is 32.1. The summed E-state index contributed by atoms with van der Waals surface area (Å²) in [7, 11) is 0. The van der Waals surface area contributed by atoms with Crippen molar-refractivity contribution in [3.63, 3.8) is 0 Å². The minimum absolute atomic E-state index is 0.318. The van der Waals surface area contributed by atoms with Crippen LogP contribution in [0.3, 0.4) is 0 Å². The minimum Gasteiger partial charge on any atom is -0.377 e. The second-order valence-corrected chi connectivity index (χ2v) is 5.26. The van der Waals surface area contributed by atoms with E-state index in [-0.39, 0.29) is 0 Å². The first-order chi connectivity index (χ1) is 8.27. The Kier molecular flexibility index (Phi) is 4.54. The first-order valence-electron chi connectivity index (χ1n) is 6.05. The van der Waals surface area contributed by atoms with Crippen molar-refractivity contribution in [1.82, 2.24) is 5.32 Å². The zero-order chi connectivity index (χ0) is 12.1. The number of rotatable bonds is 6. The van der Waals surface area contributed by atoms with E-state index in [1.807, 2.05) is 11.3 Å². The van der Waals surface area contributed by atoms with Crippen molar-refractivity contribution in [1.29, 1.82) is 0 Å². The molecule has 0 atom stereocenters. The lowest BCUT2D eigenvalue weighted by atomic mass is 10.2. The largest absolute Gasteiger partial charge is 0.377 e. The van der Waals surface area contributed by atoms with Crippen LogP contribution < -0.4 is 5.32 Å². The van der Waals surface area contributed by atoms with Gasteiger partial charge in [0.1, 0.15) is 0 Å². The highest BCUT2D eigenvalue weighted by molar-refractivity contribution is 7.17. The van der Waals surface area contributed by atoms with Crippen LogP contribution >= 0.6 is 11.3 Å². The zero-order valence-electron chi connectivity index (χ0n) is 10.4. The van der Waals surface area contributed by atoms with E-state index < -0.39 is 0 Å². The van der Waals surface area contributed by atoms with Crippen molar-refractivity contribution >= 4 is 21.4 Å². The first kappa shape index (κ1) is 12.6. The summed E-state index contributed by atoms with van der Waals surface area (Å²) in [5, 5.41) is 7.02. The standard InChI is InChI=1S/C14H19NOS/c1-11(2)16-8-7-15-9-12-10-17-14-6-4-3-5-13(12)14/h3-6,10-11,15H,7-9H2,1-2H3. The fourth-order valence-electron chi connectivity index (χ4n) is 1.76. The summed E-state index contributed by atoms with van der Waals surface area (Å²) in [5.74, 6) is 0. The number of hydrogen-bond acceptors (Lipinski definition) is 3. The fourth-order valence-corrected chi connectivity index (χ4v) is 2.72. The molecule has 0 saturated carbocycles. The molecule has 0 fully saturated rings. The summed E-state index contributed by atoms with van der Waals surface area (Å²) in [6.07, 6.45) is 0.318. The van der Waals surface area contributed by atoms with Gasteiger partial charge in [-0.1, -0.05) is 18.2 Å². The van der Waals surface area contributed by atoms with Gasteiger partial charge in [-0.3, -0.25) is 0 Å². The van der Waals surface area contributed by atoms with Crippen LogP contribution in [-0.4, -0.2) is 19.3 Å². The average molecular weight is 249 g/mol. The normalized spacial score (nSPS) is 11.5. The van der Waals surface area contributed by atoms with E-state index in [1.165, 1.54) is 15.6 Å². The summed E-state index contributed by atoms with van der Waals surface area (Å²) in [6, 6.07) is 8.55. The maximum absolute atomic E-state index is 5.49. The number of ether oxygens (including phenoxy) is 1. The predicted octanol–water partition coefficient (Wildman–Crippen LogP) is 3.42. The van der Waals surface area contributed by atoms with Gasteiger partial charge in [0.25, 0.3) is 0 Å². The Morgan fingerprint density at radius 2 is 2.12 bits per heavy atom. The van der Waals surface area contributed by atoms with Gasteiger partial charge in [-0.15, -0.1) is 11.3 Å². The third-order valence-corrected chi connectivity index (χ3v) is 3.62. The van der Waals surface area contributed by atoms with Crippen LogP contribution in [0.2, 0.25) is 0 Å². The Hall–Kier alpha value is -0.900. The Labute approximate surface area is 107 Å². The Morgan fingerprint density at radius 1 is 1.29 bits per heavy atom. The molecule has 2 nitrogen and oxygen atoms in total. The predicted molar refractivity (Wildman–Crippen MR) is 74.6 cm³/mol. The van der Waals surface area contributed by atoms with Crippen molar-refractivity contribution in [3.8, 4) is 0 Å². The lowest BCUT2D eigenvalue weighted by Crippen LogP contribution is -2.20. The van der Waals surface area contributed by atoms with E-state index >= 15 is 0 Å². The molecule has 0 aliphatic carbocycles. The number of thiophene rings is 1. The van der Waals surface area contributed by atoms with Crippen molar-refractivity contribution in [2.45, 2.75) is 26.5 Å². The van der Waals surface area contributed by atoms with Crippen LogP contribution in [0.5, 0.6) is 0 Å². The third-order valence-electron chi connectivity index (χ3n) is 2.61. The monoisotopic (exact) mass is 249 g/mol.